The summed E-state index contributed by atoms with van der Waals surface area (Å²) in [6.07, 6.45) is -0.588. The fourth-order valence-corrected chi connectivity index (χ4v) is 1.36. The fraction of sp³-hybridized carbons (Fsp3) is 0.333. The second kappa shape index (κ2) is 2.77. The van der Waals surface area contributed by atoms with Crippen molar-refractivity contribution >= 4 is 0 Å². The van der Waals surface area contributed by atoms with Crippen molar-refractivity contribution in [3.8, 4) is 5.75 Å². The van der Waals surface area contributed by atoms with Gasteiger partial charge in [0.1, 0.15) is 18.5 Å². The molecule has 1 aromatic rings. The highest BCUT2D eigenvalue weighted by atomic mass is 16.5. The number of hydrogen-bond acceptors (Lipinski definition) is 3. The van der Waals surface area contributed by atoms with Crippen LogP contribution in [0.1, 0.15) is 11.7 Å². The number of aliphatic hydroxyl groups excluding tert-OH is 1. The van der Waals surface area contributed by atoms with Crippen LogP contribution in [-0.4, -0.2) is 17.8 Å². The molecule has 0 spiro atoms. The van der Waals surface area contributed by atoms with Crippen molar-refractivity contribution in [1.82, 2.24) is 0 Å². The number of rotatable bonds is 0. The van der Waals surface area contributed by atoms with E-state index < -0.39 is 6.10 Å². The van der Waals surface area contributed by atoms with Crippen molar-refractivity contribution in [3.63, 3.8) is 0 Å². The summed E-state index contributed by atoms with van der Waals surface area (Å²) in [5, 5.41) is 9.62. The van der Waals surface area contributed by atoms with Gasteiger partial charge in [0.25, 0.3) is 0 Å². The number of hydrogen-bond donors (Lipinski definition) is 2. The Balaban J connectivity index is 2.42. The normalized spacial score (nSPS) is 27.5. The molecule has 3 nitrogen and oxygen atoms in total. The van der Waals surface area contributed by atoms with Crippen molar-refractivity contribution in [3.05, 3.63) is 29.8 Å². The summed E-state index contributed by atoms with van der Waals surface area (Å²) in [6, 6.07) is 7.11. The summed E-state index contributed by atoms with van der Waals surface area (Å²) in [5.74, 6) is 0.742. The Bertz CT molecular complexity index is 288. The van der Waals surface area contributed by atoms with Gasteiger partial charge in [0, 0.05) is 5.56 Å². The van der Waals surface area contributed by atoms with E-state index in [4.69, 9.17) is 10.5 Å². The largest absolute Gasteiger partial charge is 0.491 e. The van der Waals surface area contributed by atoms with Gasteiger partial charge >= 0.3 is 0 Å². The van der Waals surface area contributed by atoms with Gasteiger partial charge in [0.15, 0.2) is 0 Å². The van der Waals surface area contributed by atoms with Gasteiger partial charge in [0.2, 0.25) is 0 Å². The van der Waals surface area contributed by atoms with Crippen LogP contribution in [0.4, 0.5) is 0 Å². The third-order valence-electron chi connectivity index (χ3n) is 2.07. The monoisotopic (exact) mass is 165 g/mol. The highest BCUT2D eigenvalue weighted by molar-refractivity contribution is 5.37. The first-order chi connectivity index (χ1) is 5.79. The standard InChI is InChI=1S/C9H11NO2/c10-7-5-12-8-4-2-1-3-6(8)9(7)11/h1-4,7,9,11H,5,10H2/t7-,9?/m0/s1. The fourth-order valence-electron chi connectivity index (χ4n) is 1.36. The van der Waals surface area contributed by atoms with Crippen LogP contribution >= 0.6 is 0 Å². The van der Waals surface area contributed by atoms with Crippen molar-refractivity contribution < 1.29 is 9.84 Å². The molecule has 3 heteroatoms. The van der Waals surface area contributed by atoms with Crippen LogP contribution in [0.5, 0.6) is 5.75 Å². The van der Waals surface area contributed by atoms with Crippen LogP contribution < -0.4 is 10.5 Å². The number of aliphatic hydroxyl groups is 1. The SMILES string of the molecule is N[C@H]1COc2ccccc2C1O. The highest BCUT2D eigenvalue weighted by Crippen LogP contribution is 2.30. The molecule has 1 aliphatic heterocycles. The van der Waals surface area contributed by atoms with Crippen molar-refractivity contribution in [1.29, 1.82) is 0 Å². The molecule has 64 valence electrons. The van der Waals surface area contributed by atoms with Gasteiger partial charge < -0.3 is 15.6 Å². The van der Waals surface area contributed by atoms with E-state index in [2.05, 4.69) is 0 Å². The second-order valence-electron chi connectivity index (χ2n) is 2.96. The van der Waals surface area contributed by atoms with Gasteiger partial charge in [-0.05, 0) is 6.07 Å². The van der Waals surface area contributed by atoms with Crippen LogP contribution in [-0.2, 0) is 0 Å². The van der Waals surface area contributed by atoms with E-state index in [-0.39, 0.29) is 6.04 Å². The molecule has 0 radical (unpaired) electrons. The smallest absolute Gasteiger partial charge is 0.125 e. The Morgan fingerprint density at radius 1 is 1.42 bits per heavy atom. The molecule has 1 unspecified atom stereocenters. The number of para-hydroxylation sites is 1. The lowest BCUT2D eigenvalue weighted by atomic mass is 10.0. The molecule has 12 heavy (non-hydrogen) atoms. The average molecular weight is 165 g/mol. The minimum absolute atomic E-state index is 0.306. The molecule has 0 amide bonds. The summed E-state index contributed by atoms with van der Waals surface area (Å²) in [4.78, 5) is 0. The predicted octanol–water partition coefficient (Wildman–Crippen LogP) is 0.440. The van der Waals surface area contributed by atoms with E-state index >= 15 is 0 Å². The molecule has 0 aromatic heterocycles. The third-order valence-corrected chi connectivity index (χ3v) is 2.07. The minimum atomic E-state index is -0.588. The van der Waals surface area contributed by atoms with Gasteiger partial charge in [-0.2, -0.15) is 0 Å². The Labute approximate surface area is 70.8 Å². The topological polar surface area (TPSA) is 55.5 Å². The number of benzene rings is 1. The molecule has 1 aromatic carbocycles. The Morgan fingerprint density at radius 3 is 3.00 bits per heavy atom. The summed E-state index contributed by atoms with van der Waals surface area (Å²) in [6.45, 7) is 0.387. The quantitative estimate of drug-likeness (QED) is 0.586. The molecule has 0 fully saturated rings. The molecule has 0 bridgehead atoms. The molecule has 1 aliphatic rings. The van der Waals surface area contributed by atoms with E-state index in [1.54, 1.807) is 0 Å². The van der Waals surface area contributed by atoms with Crippen LogP contribution in [0.15, 0.2) is 24.3 Å². The zero-order valence-electron chi connectivity index (χ0n) is 6.60. The minimum Gasteiger partial charge on any atom is -0.491 e. The molecule has 0 saturated heterocycles. The van der Waals surface area contributed by atoms with E-state index in [0.717, 1.165) is 11.3 Å². The average Bonchev–Trinajstić information content (AvgIpc) is 2.12. The zero-order chi connectivity index (χ0) is 8.55. The predicted molar refractivity (Wildman–Crippen MR) is 44.9 cm³/mol. The van der Waals surface area contributed by atoms with E-state index in [9.17, 15) is 5.11 Å². The molecular weight excluding hydrogens is 154 g/mol. The van der Waals surface area contributed by atoms with Gasteiger partial charge in [-0.3, -0.25) is 0 Å². The van der Waals surface area contributed by atoms with Crippen molar-refractivity contribution in [2.45, 2.75) is 12.1 Å². The first-order valence-electron chi connectivity index (χ1n) is 3.94. The summed E-state index contributed by atoms with van der Waals surface area (Å²) in [7, 11) is 0. The Hall–Kier alpha value is -1.06. The van der Waals surface area contributed by atoms with E-state index in [1.165, 1.54) is 0 Å². The second-order valence-corrected chi connectivity index (χ2v) is 2.96. The lowest BCUT2D eigenvalue weighted by Crippen LogP contribution is -2.37. The Kier molecular flexibility index (Phi) is 1.75. The van der Waals surface area contributed by atoms with Gasteiger partial charge in [-0.1, -0.05) is 18.2 Å². The molecule has 0 saturated carbocycles. The lowest BCUT2D eigenvalue weighted by Gasteiger charge is -2.27. The zero-order valence-corrected chi connectivity index (χ0v) is 6.60. The molecule has 0 aliphatic carbocycles. The maximum atomic E-state index is 9.62. The summed E-state index contributed by atoms with van der Waals surface area (Å²) in [5.41, 5.74) is 6.41. The Morgan fingerprint density at radius 2 is 2.17 bits per heavy atom. The van der Waals surface area contributed by atoms with E-state index in [1.807, 2.05) is 24.3 Å². The van der Waals surface area contributed by atoms with Crippen LogP contribution in [0.25, 0.3) is 0 Å². The maximum absolute atomic E-state index is 9.62. The van der Waals surface area contributed by atoms with Crippen LogP contribution in [0.3, 0.4) is 0 Å². The van der Waals surface area contributed by atoms with Gasteiger partial charge in [-0.15, -0.1) is 0 Å². The number of ether oxygens (including phenoxy) is 1. The maximum Gasteiger partial charge on any atom is 0.125 e. The third kappa shape index (κ3) is 1.07. The highest BCUT2D eigenvalue weighted by Gasteiger charge is 2.25. The molecule has 2 rings (SSSR count). The molecule has 1 heterocycles. The van der Waals surface area contributed by atoms with Crippen molar-refractivity contribution in [2.24, 2.45) is 5.73 Å². The molecular formula is C9H11NO2. The first-order valence-corrected chi connectivity index (χ1v) is 3.94. The summed E-state index contributed by atoms with van der Waals surface area (Å²) < 4.78 is 5.32. The number of nitrogens with two attached hydrogens (primary N) is 1. The number of fused-ring (bicyclic) bond motifs is 1. The molecule has 3 N–H and O–H groups in total. The molecule has 2 atom stereocenters. The van der Waals surface area contributed by atoms with Gasteiger partial charge in [-0.25, -0.2) is 0 Å². The van der Waals surface area contributed by atoms with Crippen LogP contribution in [0.2, 0.25) is 0 Å². The van der Waals surface area contributed by atoms with Crippen LogP contribution in [0, 0.1) is 0 Å². The van der Waals surface area contributed by atoms with E-state index in [0.29, 0.717) is 6.61 Å². The lowest BCUT2D eigenvalue weighted by molar-refractivity contribution is 0.0916. The van der Waals surface area contributed by atoms with Gasteiger partial charge in [0.05, 0.1) is 6.04 Å². The van der Waals surface area contributed by atoms with Crippen molar-refractivity contribution in [2.75, 3.05) is 6.61 Å². The first kappa shape index (κ1) is 7.58. The summed E-state index contributed by atoms with van der Waals surface area (Å²) >= 11 is 0.